The van der Waals surface area contributed by atoms with Gasteiger partial charge in [-0.15, -0.1) is 0 Å². The number of nitrogens with one attached hydrogen (secondary N) is 1. The van der Waals surface area contributed by atoms with Crippen LogP contribution in [-0.4, -0.2) is 35.3 Å². The van der Waals surface area contributed by atoms with E-state index in [0.29, 0.717) is 23.1 Å². The summed E-state index contributed by atoms with van der Waals surface area (Å²) < 4.78 is 40.9. The zero-order valence-corrected chi connectivity index (χ0v) is 20.5. The fraction of sp³-hybridized carbons (Fsp3) is 0.174. The third-order valence-electron chi connectivity index (χ3n) is 5.24. The molecule has 2 aromatic heterocycles. The number of halogens is 1. The van der Waals surface area contributed by atoms with Gasteiger partial charge in [0.2, 0.25) is 5.88 Å². The molecule has 176 valence electrons. The highest BCUT2D eigenvalue weighted by Crippen LogP contribution is 2.30. The molecule has 1 N–H and O–H groups in total. The van der Waals surface area contributed by atoms with E-state index in [-0.39, 0.29) is 15.7 Å². The van der Waals surface area contributed by atoms with Crippen LogP contribution >= 0.6 is 11.6 Å². The number of ether oxygens (including phenoxy) is 2. The van der Waals surface area contributed by atoms with Crippen LogP contribution in [0.3, 0.4) is 0 Å². The van der Waals surface area contributed by atoms with Crippen molar-refractivity contribution in [1.82, 2.24) is 19.7 Å². The van der Waals surface area contributed by atoms with Gasteiger partial charge in [0, 0.05) is 22.5 Å². The monoisotopic (exact) mass is 499 g/mol. The van der Waals surface area contributed by atoms with Gasteiger partial charge in [-0.3, -0.25) is 4.72 Å². The summed E-state index contributed by atoms with van der Waals surface area (Å²) in [5.74, 6) is 1.57. The predicted molar refractivity (Wildman–Crippen MR) is 129 cm³/mol. The van der Waals surface area contributed by atoms with Crippen molar-refractivity contribution in [3.05, 3.63) is 76.8 Å². The van der Waals surface area contributed by atoms with Gasteiger partial charge in [-0.2, -0.15) is 5.10 Å². The molecule has 2 heterocycles. The first kappa shape index (κ1) is 23.5. The first-order valence-electron chi connectivity index (χ1n) is 10.2. The highest BCUT2D eigenvalue weighted by molar-refractivity contribution is 7.92. The number of rotatable bonds is 7. The zero-order valence-electron chi connectivity index (χ0n) is 18.9. The maximum absolute atomic E-state index is 12.8. The molecule has 2 aromatic carbocycles. The summed E-state index contributed by atoms with van der Waals surface area (Å²) in [6.45, 7) is 5.91. The van der Waals surface area contributed by atoms with Crippen LogP contribution in [0, 0.1) is 20.8 Å². The second kappa shape index (κ2) is 9.32. The van der Waals surface area contributed by atoms with Crippen LogP contribution in [0.5, 0.6) is 17.4 Å². The summed E-state index contributed by atoms with van der Waals surface area (Å²) in [4.78, 5) is 8.38. The SMILES string of the molecule is COc1ccc(Cl)cc1S(=O)(=O)Nc1ccc(Oc2cc(-n3nc(C)c(C)c3C)ncn2)cc1. The maximum atomic E-state index is 12.8. The molecule has 0 aliphatic rings. The first-order chi connectivity index (χ1) is 16.2. The fourth-order valence-electron chi connectivity index (χ4n) is 3.23. The van der Waals surface area contributed by atoms with E-state index < -0.39 is 10.0 Å². The number of aryl methyl sites for hydroxylation is 1. The van der Waals surface area contributed by atoms with Crippen LogP contribution in [-0.2, 0) is 10.0 Å². The quantitative estimate of drug-likeness (QED) is 0.387. The largest absolute Gasteiger partial charge is 0.495 e. The normalized spacial score (nSPS) is 11.3. The summed E-state index contributed by atoms with van der Waals surface area (Å²) in [7, 11) is -2.53. The minimum atomic E-state index is -3.92. The molecular weight excluding hydrogens is 478 g/mol. The lowest BCUT2D eigenvalue weighted by molar-refractivity contribution is 0.403. The Morgan fingerprint density at radius 3 is 2.38 bits per heavy atom. The summed E-state index contributed by atoms with van der Waals surface area (Å²) in [6.07, 6.45) is 1.40. The molecule has 0 unspecified atom stereocenters. The number of nitrogens with zero attached hydrogens (tertiary/aromatic N) is 4. The minimum absolute atomic E-state index is 0.0595. The summed E-state index contributed by atoms with van der Waals surface area (Å²) in [6, 6.07) is 12.5. The lowest BCUT2D eigenvalue weighted by atomic mass is 10.2. The Balaban J connectivity index is 1.52. The molecular formula is C23H22ClN5O4S. The number of hydrogen-bond acceptors (Lipinski definition) is 7. The number of aromatic nitrogens is 4. The van der Waals surface area contributed by atoms with Crippen LogP contribution in [0.25, 0.3) is 5.82 Å². The van der Waals surface area contributed by atoms with Gasteiger partial charge >= 0.3 is 0 Å². The zero-order chi connectivity index (χ0) is 24.5. The van der Waals surface area contributed by atoms with Crippen LogP contribution in [0.4, 0.5) is 5.69 Å². The van der Waals surface area contributed by atoms with E-state index in [9.17, 15) is 8.42 Å². The van der Waals surface area contributed by atoms with Crippen LogP contribution < -0.4 is 14.2 Å². The molecule has 4 aromatic rings. The lowest BCUT2D eigenvalue weighted by Crippen LogP contribution is -2.14. The smallest absolute Gasteiger partial charge is 0.265 e. The molecule has 0 fully saturated rings. The van der Waals surface area contributed by atoms with Crippen molar-refractivity contribution in [1.29, 1.82) is 0 Å². The number of hydrogen-bond donors (Lipinski definition) is 1. The number of sulfonamides is 1. The molecule has 0 spiro atoms. The third-order valence-corrected chi connectivity index (χ3v) is 6.88. The van der Waals surface area contributed by atoms with Crippen molar-refractivity contribution in [2.75, 3.05) is 11.8 Å². The van der Waals surface area contributed by atoms with E-state index in [1.807, 2.05) is 20.8 Å². The van der Waals surface area contributed by atoms with Crippen molar-refractivity contribution in [3.63, 3.8) is 0 Å². The van der Waals surface area contributed by atoms with Gasteiger partial charge < -0.3 is 9.47 Å². The lowest BCUT2D eigenvalue weighted by Gasteiger charge is -2.12. The van der Waals surface area contributed by atoms with E-state index >= 15 is 0 Å². The minimum Gasteiger partial charge on any atom is -0.495 e. The highest BCUT2D eigenvalue weighted by Gasteiger charge is 2.20. The molecule has 11 heteroatoms. The van der Waals surface area contributed by atoms with Gasteiger partial charge in [-0.1, -0.05) is 11.6 Å². The molecule has 4 rings (SSSR count). The van der Waals surface area contributed by atoms with Crippen molar-refractivity contribution in [2.24, 2.45) is 0 Å². The Kier molecular flexibility index (Phi) is 6.45. The van der Waals surface area contributed by atoms with Crippen molar-refractivity contribution >= 4 is 27.3 Å². The van der Waals surface area contributed by atoms with Crippen molar-refractivity contribution < 1.29 is 17.9 Å². The van der Waals surface area contributed by atoms with E-state index in [1.54, 1.807) is 41.1 Å². The Hall–Kier alpha value is -3.63. The Labute approximate surface area is 202 Å². The topological polar surface area (TPSA) is 108 Å². The van der Waals surface area contributed by atoms with Gasteiger partial charge in [-0.25, -0.2) is 23.1 Å². The van der Waals surface area contributed by atoms with Crippen molar-refractivity contribution in [2.45, 2.75) is 25.7 Å². The summed E-state index contributed by atoms with van der Waals surface area (Å²) in [5, 5.41) is 4.79. The molecule has 0 amide bonds. The number of anilines is 1. The van der Waals surface area contributed by atoms with Crippen LogP contribution in [0.1, 0.15) is 17.0 Å². The number of benzene rings is 2. The summed E-state index contributed by atoms with van der Waals surface area (Å²) in [5.41, 5.74) is 3.34. The van der Waals surface area contributed by atoms with Gasteiger partial charge in [0.1, 0.15) is 22.7 Å². The van der Waals surface area contributed by atoms with Crippen LogP contribution in [0.2, 0.25) is 5.02 Å². The fourth-order valence-corrected chi connectivity index (χ4v) is 4.72. The van der Waals surface area contributed by atoms with E-state index in [1.165, 1.54) is 25.6 Å². The van der Waals surface area contributed by atoms with E-state index in [2.05, 4.69) is 19.8 Å². The first-order valence-corrected chi connectivity index (χ1v) is 12.0. The summed E-state index contributed by atoms with van der Waals surface area (Å²) >= 11 is 5.97. The van der Waals surface area contributed by atoms with Gasteiger partial charge in [0.05, 0.1) is 12.8 Å². The average Bonchev–Trinajstić information content (AvgIpc) is 3.07. The Morgan fingerprint density at radius 2 is 1.74 bits per heavy atom. The molecule has 0 atom stereocenters. The van der Waals surface area contributed by atoms with Gasteiger partial charge in [0.15, 0.2) is 5.82 Å². The maximum Gasteiger partial charge on any atom is 0.265 e. The van der Waals surface area contributed by atoms with Crippen LogP contribution in [0.15, 0.2) is 59.8 Å². The van der Waals surface area contributed by atoms with E-state index in [4.69, 9.17) is 21.1 Å². The molecule has 0 aliphatic carbocycles. The predicted octanol–water partition coefficient (Wildman–Crippen LogP) is 4.84. The molecule has 0 saturated carbocycles. The molecule has 0 saturated heterocycles. The molecule has 9 nitrogen and oxygen atoms in total. The van der Waals surface area contributed by atoms with Gasteiger partial charge in [0.25, 0.3) is 10.0 Å². The second-order valence-corrected chi connectivity index (χ2v) is 9.54. The molecule has 0 radical (unpaired) electrons. The Morgan fingerprint density at radius 1 is 1.00 bits per heavy atom. The number of methoxy groups -OCH3 is 1. The highest BCUT2D eigenvalue weighted by atomic mass is 35.5. The van der Waals surface area contributed by atoms with Crippen molar-refractivity contribution in [3.8, 4) is 23.2 Å². The third kappa shape index (κ3) is 4.82. The second-order valence-electron chi connectivity index (χ2n) is 7.45. The molecule has 0 bridgehead atoms. The van der Waals surface area contributed by atoms with E-state index in [0.717, 1.165) is 17.0 Å². The average molecular weight is 500 g/mol. The molecule has 34 heavy (non-hydrogen) atoms. The standard InChI is InChI=1S/C23H22ClN5O4S/c1-14-15(2)27-29(16(14)3)22-12-23(26-13-25-22)33-19-8-6-18(7-9-19)28-34(30,31)21-11-17(24)5-10-20(21)32-4/h5-13,28H,1-4H3. The molecule has 0 aliphatic heterocycles. The Bertz CT molecular complexity index is 1450. The van der Waals surface area contributed by atoms with Gasteiger partial charge in [-0.05, 0) is 68.8 Å².